The minimum absolute atomic E-state index is 0.0224. The number of benzene rings is 2. The molecule has 1 saturated carbocycles. The van der Waals surface area contributed by atoms with Crippen LogP contribution in [0.25, 0.3) is 43.3 Å². The fraction of sp³-hybridized carbons (Fsp3) is 0.409. The average Bonchev–Trinajstić information content (AvgIpc) is 3.70. The summed E-state index contributed by atoms with van der Waals surface area (Å²) in [7, 11) is 1.77. The molecule has 1 unspecified atom stereocenters. The van der Waals surface area contributed by atoms with E-state index in [-0.39, 0.29) is 30.0 Å². The van der Waals surface area contributed by atoms with Crippen LogP contribution in [0, 0.1) is 5.92 Å². The van der Waals surface area contributed by atoms with E-state index in [0.29, 0.717) is 24.8 Å². The summed E-state index contributed by atoms with van der Waals surface area (Å²) in [6.45, 7) is 7.43. The highest BCUT2D eigenvalue weighted by Gasteiger charge is 2.33. The molecule has 3 aliphatic heterocycles. The Bertz CT molecular complexity index is 2670. The van der Waals surface area contributed by atoms with Crippen molar-refractivity contribution in [1.29, 1.82) is 0 Å². The second-order valence-electron chi connectivity index (χ2n) is 16.6. The van der Waals surface area contributed by atoms with Crippen LogP contribution in [0.15, 0.2) is 65.6 Å². The number of aromatic nitrogens is 4. The van der Waals surface area contributed by atoms with Gasteiger partial charge in [0.25, 0.3) is 5.91 Å². The van der Waals surface area contributed by atoms with Crippen molar-refractivity contribution in [2.75, 3.05) is 49.5 Å². The number of hydrogen-bond donors (Lipinski definition) is 3. The van der Waals surface area contributed by atoms with Gasteiger partial charge in [-0.3, -0.25) is 38.7 Å². The number of imidazole rings is 1. The number of aryl methyl sites for hydroxylation is 1. The van der Waals surface area contributed by atoms with Crippen LogP contribution in [0.3, 0.4) is 0 Å². The van der Waals surface area contributed by atoms with Crippen molar-refractivity contribution in [3.05, 3.63) is 81.8 Å². The van der Waals surface area contributed by atoms with E-state index in [0.717, 1.165) is 111 Å². The fourth-order valence-corrected chi connectivity index (χ4v) is 10.9. The molecule has 4 aliphatic rings. The zero-order valence-electron chi connectivity index (χ0n) is 32.8. The smallest absolute Gasteiger partial charge is 0.329 e. The van der Waals surface area contributed by atoms with E-state index in [4.69, 9.17) is 9.97 Å². The van der Waals surface area contributed by atoms with Gasteiger partial charge in [0.2, 0.25) is 11.8 Å². The highest BCUT2D eigenvalue weighted by molar-refractivity contribution is 7.21. The van der Waals surface area contributed by atoms with Crippen molar-refractivity contribution in [2.45, 2.75) is 63.5 Å². The lowest BCUT2D eigenvalue weighted by Crippen LogP contribution is -2.48. The normalized spacial score (nSPS) is 23.1. The molecule has 2 atom stereocenters. The Morgan fingerprint density at radius 1 is 0.897 bits per heavy atom. The Hall–Kier alpha value is -5.60. The third kappa shape index (κ3) is 6.42. The van der Waals surface area contributed by atoms with Crippen molar-refractivity contribution in [3.63, 3.8) is 0 Å². The van der Waals surface area contributed by atoms with E-state index < -0.39 is 11.9 Å². The maximum atomic E-state index is 13.4. The van der Waals surface area contributed by atoms with Gasteiger partial charge in [0.15, 0.2) is 0 Å². The lowest BCUT2D eigenvalue weighted by atomic mass is 9.80. The summed E-state index contributed by atoms with van der Waals surface area (Å²) in [5.41, 5.74) is 7.19. The molecule has 0 spiro atoms. The molecule has 14 heteroatoms. The van der Waals surface area contributed by atoms with Gasteiger partial charge in [0.05, 0.1) is 33.6 Å². The molecule has 7 heterocycles. The monoisotopic (exact) mass is 797 g/mol. The zero-order valence-corrected chi connectivity index (χ0v) is 33.6. The van der Waals surface area contributed by atoms with Gasteiger partial charge in [0, 0.05) is 97.6 Å². The van der Waals surface area contributed by atoms with Crippen LogP contribution in [0.5, 0.6) is 0 Å². The number of carbonyl (C=O) groups excluding carboxylic acids is 3. The first-order chi connectivity index (χ1) is 28.2. The van der Waals surface area contributed by atoms with Gasteiger partial charge in [0.1, 0.15) is 10.9 Å². The van der Waals surface area contributed by atoms with E-state index in [1.54, 1.807) is 16.2 Å². The minimum atomic E-state index is -0.690. The maximum Gasteiger partial charge on any atom is 0.329 e. The first-order valence-corrected chi connectivity index (χ1v) is 21.4. The van der Waals surface area contributed by atoms with Crippen LogP contribution in [-0.4, -0.2) is 87.0 Å². The third-order valence-electron chi connectivity index (χ3n) is 12.9. The average molecular weight is 798 g/mol. The zero-order chi connectivity index (χ0) is 39.7. The molecule has 13 nitrogen and oxygen atoms in total. The Labute approximate surface area is 339 Å². The molecular weight excluding hydrogens is 751 g/mol. The van der Waals surface area contributed by atoms with E-state index in [1.165, 1.54) is 24.2 Å². The summed E-state index contributed by atoms with van der Waals surface area (Å²) in [5, 5.41) is 11.1. The van der Waals surface area contributed by atoms with E-state index in [2.05, 4.69) is 62.1 Å². The summed E-state index contributed by atoms with van der Waals surface area (Å²) in [5.74, 6) is 0.394. The lowest BCUT2D eigenvalue weighted by molar-refractivity contribution is -0.135. The van der Waals surface area contributed by atoms with Gasteiger partial charge in [-0.2, -0.15) is 0 Å². The van der Waals surface area contributed by atoms with Gasteiger partial charge in [-0.25, -0.2) is 9.78 Å². The molecule has 2 saturated heterocycles. The number of nitrogens with one attached hydrogen (secondary N) is 3. The highest BCUT2D eigenvalue weighted by atomic mass is 32.1. The van der Waals surface area contributed by atoms with Gasteiger partial charge in [-0.05, 0) is 93.5 Å². The Morgan fingerprint density at radius 3 is 2.50 bits per heavy atom. The fourth-order valence-electron chi connectivity index (χ4n) is 9.76. The van der Waals surface area contributed by atoms with Gasteiger partial charge >= 0.3 is 5.69 Å². The second-order valence-corrected chi connectivity index (χ2v) is 17.6. The maximum absolute atomic E-state index is 13.4. The first-order valence-electron chi connectivity index (χ1n) is 20.6. The van der Waals surface area contributed by atoms with Crippen LogP contribution < -0.4 is 26.5 Å². The second kappa shape index (κ2) is 14.7. The molecule has 0 radical (unpaired) electrons. The molecule has 1 aliphatic carbocycles. The van der Waals surface area contributed by atoms with Crippen LogP contribution in [0.2, 0.25) is 0 Å². The number of nitrogens with zero attached hydrogens (tertiary/aromatic N) is 6. The number of fused-ring (bicyclic) bond motifs is 6. The Kier molecular flexibility index (Phi) is 9.28. The predicted octanol–water partition coefficient (Wildman–Crippen LogP) is 5.78. The van der Waals surface area contributed by atoms with Crippen LogP contribution in [0.4, 0.5) is 11.4 Å². The Morgan fingerprint density at radius 2 is 1.72 bits per heavy atom. The number of carbonyl (C=O) groups is 3. The molecule has 10 rings (SSSR count). The van der Waals surface area contributed by atoms with Crippen LogP contribution in [0.1, 0.15) is 72.8 Å². The van der Waals surface area contributed by atoms with E-state index in [1.807, 2.05) is 31.3 Å². The standard InChI is InChI=1S/C44H47N9O4S/c1-25-22-46-39-38-29-11-13-31(48-32(29)14-16-36(38)58-41(39)43(56)47-25)28-10-12-30(45-23-28)27-8-6-26(7-9-27)24-51-18-20-52(21-19-51)33-4-3-5-34-40(33)50(2)44(57)53(34)35-15-17-37(54)49-42(35)55/h3-5,10-14,16,23,25-27,35,46H,6-9,15,17-22,24H2,1-2H3,(H,47,56)(H,49,54,55)/t25-,26-,27-,35?/m1/s1. The number of hydrogen-bond acceptors (Lipinski definition) is 10. The Balaban J connectivity index is 0.758. The number of anilines is 2. The summed E-state index contributed by atoms with van der Waals surface area (Å²) < 4.78 is 4.29. The van der Waals surface area contributed by atoms with Crippen molar-refractivity contribution in [3.8, 4) is 11.3 Å². The van der Waals surface area contributed by atoms with Gasteiger partial charge in [-0.15, -0.1) is 11.3 Å². The largest absolute Gasteiger partial charge is 0.381 e. The molecule has 6 aromatic rings. The van der Waals surface area contributed by atoms with Crippen molar-refractivity contribution >= 4 is 72.5 Å². The van der Waals surface area contributed by atoms with E-state index >= 15 is 0 Å². The molecular formula is C44H47N9O4S. The third-order valence-corrected chi connectivity index (χ3v) is 14.0. The van der Waals surface area contributed by atoms with Crippen molar-refractivity contribution in [1.82, 2.24) is 34.6 Å². The number of amides is 3. The number of pyridine rings is 2. The first kappa shape index (κ1) is 36.7. The quantitative estimate of drug-likeness (QED) is 0.179. The number of thiophene rings is 1. The summed E-state index contributed by atoms with van der Waals surface area (Å²) in [4.78, 5) is 66.5. The van der Waals surface area contributed by atoms with Gasteiger partial charge < -0.3 is 15.5 Å². The van der Waals surface area contributed by atoms with E-state index in [9.17, 15) is 19.2 Å². The molecule has 3 amide bonds. The van der Waals surface area contributed by atoms with Crippen molar-refractivity contribution in [2.24, 2.45) is 13.0 Å². The number of para-hydroxylation sites is 1. The topological polar surface area (TPSA) is 146 Å². The van der Waals surface area contributed by atoms with Gasteiger partial charge in [-0.1, -0.05) is 6.07 Å². The summed E-state index contributed by atoms with van der Waals surface area (Å²) in [6, 6.07) is 18.0. The highest BCUT2D eigenvalue weighted by Crippen LogP contribution is 2.42. The minimum Gasteiger partial charge on any atom is -0.381 e. The molecule has 298 valence electrons. The summed E-state index contributed by atoms with van der Waals surface area (Å²) in [6.07, 6.45) is 7.17. The van der Waals surface area contributed by atoms with Crippen molar-refractivity contribution < 1.29 is 14.4 Å². The predicted molar refractivity (Wildman–Crippen MR) is 228 cm³/mol. The SMILES string of the molecule is C[C@@H]1CNc2c(sc3ccc4nc(-c5ccc([C@H]6CC[C@H](CN7CCN(c8cccc9c8n(C)c(=O)n9C8CCC(=O)NC8=O)CC7)CC6)nc5)ccc4c23)C(=O)N1. The molecule has 0 bridgehead atoms. The van der Waals surface area contributed by atoms with Crippen LogP contribution in [-0.2, 0) is 16.6 Å². The number of imide groups is 1. The lowest BCUT2D eigenvalue weighted by Gasteiger charge is -2.39. The summed E-state index contributed by atoms with van der Waals surface area (Å²) >= 11 is 1.53. The molecule has 3 fully saturated rings. The number of piperazine rings is 1. The van der Waals surface area contributed by atoms with Crippen LogP contribution >= 0.6 is 11.3 Å². The number of rotatable bonds is 6. The molecule has 2 aromatic carbocycles. The molecule has 4 aromatic heterocycles. The number of piperidine rings is 1. The molecule has 58 heavy (non-hydrogen) atoms. The molecule has 3 N–H and O–H groups in total.